The lowest BCUT2D eigenvalue weighted by atomic mass is 9.83. The topological polar surface area (TPSA) is 50.9 Å². The van der Waals surface area contributed by atoms with Gasteiger partial charge < -0.3 is 5.11 Å². The highest BCUT2D eigenvalue weighted by Gasteiger charge is 2.27. The first-order valence-corrected chi connectivity index (χ1v) is 21.9. The van der Waals surface area contributed by atoms with Gasteiger partial charge in [-0.05, 0) is 122 Å². The molecule has 0 aliphatic heterocycles. The molecule has 2 heterocycles. The molecular weight excluding hydrogens is 755 g/mol. The Bertz CT molecular complexity index is 2980. The van der Waals surface area contributed by atoms with E-state index in [1.54, 1.807) is 0 Å². The van der Waals surface area contributed by atoms with Crippen LogP contribution in [-0.2, 0) is 16.2 Å². The van der Waals surface area contributed by atoms with Crippen molar-refractivity contribution in [2.75, 3.05) is 0 Å². The molecule has 0 aliphatic carbocycles. The molecule has 6 aromatic carbocycles. The van der Waals surface area contributed by atoms with E-state index in [1.807, 2.05) is 26.1 Å². The van der Waals surface area contributed by atoms with Crippen molar-refractivity contribution in [3.63, 3.8) is 0 Å². The van der Waals surface area contributed by atoms with E-state index in [1.165, 1.54) is 11.1 Å². The van der Waals surface area contributed by atoms with Crippen LogP contribution in [0.5, 0.6) is 5.75 Å². The SMILES string of the molecule is [2H]C(C)(C)c1ccc(-n2c(-c3cc(C)cc(C(C)(C)C)c3O)nc3c(-c4cc(-c5cc(-c6ccc(C(C)(C)C)cc6)ccn5)cc(C(C)(C)C)c4)cccc32)c(-c2ccccc2)c1. The molecule has 0 fully saturated rings. The fraction of sp³-hybridized carbons (Fsp3) is 0.276. The molecule has 8 aromatic rings. The van der Waals surface area contributed by atoms with Gasteiger partial charge in [-0.15, -0.1) is 0 Å². The van der Waals surface area contributed by atoms with Gasteiger partial charge in [-0.2, -0.15) is 0 Å². The first-order valence-electron chi connectivity index (χ1n) is 22.4. The summed E-state index contributed by atoms with van der Waals surface area (Å²) >= 11 is 0. The van der Waals surface area contributed by atoms with E-state index in [9.17, 15) is 5.11 Å². The van der Waals surface area contributed by atoms with Crippen LogP contribution in [0.2, 0.25) is 0 Å². The van der Waals surface area contributed by atoms with Gasteiger partial charge in [0.1, 0.15) is 11.6 Å². The maximum absolute atomic E-state index is 12.3. The van der Waals surface area contributed by atoms with Crippen molar-refractivity contribution in [2.45, 2.75) is 105 Å². The molecular formula is C58H61N3O. The van der Waals surface area contributed by atoms with Gasteiger partial charge in [-0.1, -0.05) is 161 Å². The molecule has 314 valence electrons. The number of phenols is 1. The zero-order valence-electron chi connectivity index (χ0n) is 39.6. The summed E-state index contributed by atoms with van der Waals surface area (Å²) in [6.07, 6.45) is 1.91. The maximum atomic E-state index is 12.3. The van der Waals surface area contributed by atoms with Crippen LogP contribution in [-0.4, -0.2) is 19.6 Å². The molecule has 0 amide bonds. The van der Waals surface area contributed by atoms with Crippen molar-refractivity contribution in [3.8, 4) is 67.5 Å². The first-order chi connectivity index (χ1) is 29.6. The first kappa shape index (κ1) is 41.1. The third kappa shape index (κ3) is 8.23. The zero-order valence-corrected chi connectivity index (χ0v) is 38.6. The smallest absolute Gasteiger partial charge is 0.149 e. The second-order valence-corrected chi connectivity index (χ2v) is 20.3. The predicted molar refractivity (Wildman–Crippen MR) is 263 cm³/mol. The van der Waals surface area contributed by atoms with Crippen LogP contribution in [0, 0.1) is 6.92 Å². The molecule has 2 aromatic heterocycles. The van der Waals surface area contributed by atoms with E-state index in [-0.39, 0.29) is 22.0 Å². The lowest BCUT2D eigenvalue weighted by molar-refractivity contribution is 0.448. The Morgan fingerprint density at radius 2 is 1.26 bits per heavy atom. The third-order valence-corrected chi connectivity index (χ3v) is 12.1. The Morgan fingerprint density at radius 1 is 0.565 bits per heavy atom. The van der Waals surface area contributed by atoms with Gasteiger partial charge in [0, 0.05) is 29.8 Å². The van der Waals surface area contributed by atoms with E-state index < -0.39 is 5.89 Å². The number of benzene rings is 6. The van der Waals surface area contributed by atoms with Crippen LogP contribution in [0.3, 0.4) is 0 Å². The molecule has 0 bridgehead atoms. The summed E-state index contributed by atoms with van der Waals surface area (Å²) in [6, 6.07) is 47.3. The minimum Gasteiger partial charge on any atom is -0.507 e. The summed E-state index contributed by atoms with van der Waals surface area (Å²) in [5.41, 5.74) is 16.5. The molecule has 4 nitrogen and oxygen atoms in total. The number of nitrogens with zero attached hydrogens (tertiary/aromatic N) is 3. The summed E-state index contributed by atoms with van der Waals surface area (Å²) in [6.45, 7) is 25.8. The predicted octanol–water partition coefficient (Wildman–Crippen LogP) is 15.8. The Kier molecular flexibility index (Phi) is 10.5. The maximum Gasteiger partial charge on any atom is 0.149 e. The Morgan fingerprint density at radius 3 is 1.92 bits per heavy atom. The lowest BCUT2D eigenvalue weighted by Crippen LogP contribution is -2.12. The average Bonchev–Trinajstić information content (AvgIpc) is 3.62. The molecule has 4 heteroatoms. The van der Waals surface area contributed by atoms with Gasteiger partial charge in [0.05, 0.1) is 28.0 Å². The van der Waals surface area contributed by atoms with Crippen molar-refractivity contribution < 1.29 is 6.48 Å². The number of para-hydroxylation sites is 1. The fourth-order valence-electron chi connectivity index (χ4n) is 8.46. The van der Waals surface area contributed by atoms with Crippen molar-refractivity contribution in [3.05, 3.63) is 167 Å². The molecule has 0 unspecified atom stereocenters. The molecule has 0 aliphatic rings. The van der Waals surface area contributed by atoms with Gasteiger partial charge in [0.15, 0.2) is 0 Å². The van der Waals surface area contributed by atoms with Gasteiger partial charge in [-0.25, -0.2) is 4.98 Å². The van der Waals surface area contributed by atoms with Crippen molar-refractivity contribution in [2.24, 2.45) is 0 Å². The third-order valence-electron chi connectivity index (χ3n) is 12.1. The normalized spacial score (nSPS) is 12.8. The summed E-state index contributed by atoms with van der Waals surface area (Å²) < 4.78 is 11.2. The number of hydrogen-bond acceptors (Lipinski definition) is 3. The van der Waals surface area contributed by atoms with Crippen LogP contribution < -0.4 is 0 Å². The largest absolute Gasteiger partial charge is 0.507 e. The zero-order chi connectivity index (χ0) is 45.2. The second-order valence-electron chi connectivity index (χ2n) is 20.3. The summed E-state index contributed by atoms with van der Waals surface area (Å²) in [5, 5.41) is 12.3. The van der Waals surface area contributed by atoms with Gasteiger partial charge in [-0.3, -0.25) is 9.55 Å². The summed E-state index contributed by atoms with van der Waals surface area (Å²) in [7, 11) is 0. The highest BCUT2D eigenvalue weighted by Crippen LogP contribution is 2.45. The molecule has 0 radical (unpaired) electrons. The fourth-order valence-corrected chi connectivity index (χ4v) is 8.46. The molecule has 0 atom stereocenters. The minimum atomic E-state index is -0.813. The van der Waals surface area contributed by atoms with E-state index in [0.717, 1.165) is 78.0 Å². The van der Waals surface area contributed by atoms with E-state index >= 15 is 0 Å². The number of aromatic hydroxyl groups is 1. The van der Waals surface area contributed by atoms with Crippen molar-refractivity contribution in [1.29, 1.82) is 0 Å². The highest BCUT2D eigenvalue weighted by atomic mass is 16.3. The average molecular weight is 817 g/mol. The lowest BCUT2D eigenvalue weighted by Gasteiger charge is -2.23. The minimum absolute atomic E-state index is 0.0786. The van der Waals surface area contributed by atoms with E-state index in [0.29, 0.717) is 11.4 Å². The molecule has 0 saturated heterocycles. The second kappa shape index (κ2) is 15.9. The van der Waals surface area contributed by atoms with Crippen LogP contribution in [0.1, 0.15) is 111 Å². The van der Waals surface area contributed by atoms with Gasteiger partial charge in [0.2, 0.25) is 0 Å². The number of aromatic nitrogens is 3. The number of rotatable bonds is 7. The molecule has 62 heavy (non-hydrogen) atoms. The summed E-state index contributed by atoms with van der Waals surface area (Å²) in [5.74, 6) is 0.0673. The van der Waals surface area contributed by atoms with Crippen LogP contribution in [0.4, 0.5) is 0 Å². The number of pyridine rings is 1. The number of fused-ring (bicyclic) bond motifs is 1. The number of hydrogen-bond donors (Lipinski definition) is 1. The van der Waals surface area contributed by atoms with Crippen molar-refractivity contribution >= 4 is 11.0 Å². The van der Waals surface area contributed by atoms with Crippen LogP contribution in [0.15, 0.2) is 140 Å². The Balaban J connectivity index is 1.40. The standard InChI is InChI=1S/C58H61N3O/c1-36(2)40-23-26-51(47(34-40)39-17-14-13-15-18-39)61-52-20-16-19-46(53(52)60-55(61)48-29-37(3)30-49(54(48)62)58(10,11)12)42-31-43(33-45(32-42)57(7,8)9)50-35-41(27-28-59-50)38-21-24-44(25-22-38)56(4,5)6/h13-36,62H,1-12H3/i36D. The van der Waals surface area contributed by atoms with Gasteiger partial charge in [0.25, 0.3) is 0 Å². The highest BCUT2D eigenvalue weighted by molar-refractivity contribution is 5.98. The number of aryl methyl sites for hydroxylation is 1. The van der Waals surface area contributed by atoms with Gasteiger partial charge >= 0.3 is 0 Å². The molecule has 0 spiro atoms. The monoisotopic (exact) mass is 816 g/mol. The van der Waals surface area contributed by atoms with Crippen LogP contribution >= 0.6 is 0 Å². The van der Waals surface area contributed by atoms with E-state index in [4.69, 9.17) is 11.3 Å². The molecule has 1 N–H and O–H groups in total. The van der Waals surface area contributed by atoms with Crippen molar-refractivity contribution in [1.82, 2.24) is 14.5 Å². The summed E-state index contributed by atoms with van der Waals surface area (Å²) in [4.78, 5) is 10.5. The Labute approximate surface area is 370 Å². The van der Waals surface area contributed by atoms with Crippen LogP contribution in [0.25, 0.3) is 72.7 Å². The quantitative estimate of drug-likeness (QED) is 0.174. The number of phenolic OH excluding ortho intramolecular Hbond substituents is 1. The molecule has 0 saturated carbocycles. The Hall–Kier alpha value is -6.26. The molecule has 8 rings (SSSR count). The van der Waals surface area contributed by atoms with E-state index in [2.05, 4.69) is 201 Å². The number of imidazole rings is 1.